The molecule has 0 aliphatic carbocycles. The fourth-order valence-electron chi connectivity index (χ4n) is 2.56. The zero-order valence-electron chi connectivity index (χ0n) is 12.3. The van der Waals surface area contributed by atoms with E-state index in [1.807, 2.05) is 6.07 Å². The number of sulfonamides is 1. The molecule has 1 aromatic rings. The molecule has 0 amide bonds. The van der Waals surface area contributed by atoms with Crippen molar-refractivity contribution in [1.82, 2.24) is 4.31 Å². The third-order valence-electron chi connectivity index (χ3n) is 3.98. The summed E-state index contributed by atoms with van der Waals surface area (Å²) in [4.78, 5) is 0.0860. The fraction of sp³-hybridized carbons (Fsp3) is 0.533. The van der Waals surface area contributed by atoms with Gasteiger partial charge in [0.05, 0.1) is 16.7 Å². The van der Waals surface area contributed by atoms with E-state index in [-0.39, 0.29) is 15.3 Å². The normalized spacial score (nSPS) is 19.7. The van der Waals surface area contributed by atoms with Crippen LogP contribution in [0, 0.1) is 16.7 Å². The van der Waals surface area contributed by atoms with Gasteiger partial charge in [-0.3, -0.25) is 0 Å². The average Bonchev–Trinajstić information content (AvgIpc) is 2.59. The summed E-state index contributed by atoms with van der Waals surface area (Å²) in [5.41, 5.74) is 0.523. The van der Waals surface area contributed by atoms with E-state index >= 15 is 0 Å². The molecule has 2 rings (SSSR count). The molecule has 1 aromatic carbocycles. The molecule has 0 radical (unpaired) electrons. The van der Waals surface area contributed by atoms with Crippen molar-refractivity contribution in [3.8, 4) is 6.07 Å². The number of nitriles is 1. The lowest BCUT2D eigenvalue weighted by Gasteiger charge is -2.23. The summed E-state index contributed by atoms with van der Waals surface area (Å²) in [7, 11) is -3.60. The molecule has 0 atom stereocenters. The fourth-order valence-corrected chi connectivity index (χ4v) is 4.55. The van der Waals surface area contributed by atoms with Gasteiger partial charge in [-0.2, -0.15) is 9.57 Å². The maximum absolute atomic E-state index is 12.7. The van der Waals surface area contributed by atoms with E-state index in [2.05, 4.69) is 13.8 Å². The van der Waals surface area contributed by atoms with E-state index in [9.17, 15) is 8.42 Å². The molecule has 114 valence electrons. The summed E-state index contributed by atoms with van der Waals surface area (Å²) in [5.74, 6) is 0. The van der Waals surface area contributed by atoms with Gasteiger partial charge >= 0.3 is 0 Å². The summed E-state index contributed by atoms with van der Waals surface area (Å²) in [6, 6.07) is 6.26. The molecule has 6 heteroatoms. The first-order valence-electron chi connectivity index (χ1n) is 6.96. The summed E-state index contributed by atoms with van der Waals surface area (Å²) in [5, 5.41) is 8.94. The molecule has 0 aromatic heterocycles. The van der Waals surface area contributed by atoms with E-state index in [0.29, 0.717) is 18.7 Å². The number of hydrogen-bond acceptors (Lipinski definition) is 3. The minimum Gasteiger partial charge on any atom is -0.207 e. The molecular weight excluding hydrogens is 308 g/mol. The first-order chi connectivity index (χ1) is 9.76. The molecule has 0 saturated carbocycles. The van der Waals surface area contributed by atoms with Crippen LogP contribution in [0.3, 0.4) is 0 Å². The first kappa shape index (κ1) is 16.3. The van der Waals surface area contributed by atoms with Crippen molar-refractivity contribution in [2.45, 2.75) is 38.0 Å². The number of halogens is 1. The molecule has 1 heterocycles. The Labute approximate surface area is 131 Å². The number of nitrogens with zero attached hydrogens (tertiary/aromatic N) is 2. The number of benzene rings is 1. The van der Waals surface area contributed by atoms with Crippen molar-refractivity contribution in [1.29, 1.82) is 5.26 Å². The highest BCUT2D eigenvalue weighted by molar-refractivity contribution is 7.89. The number of rotatable bonds is 2. The zero-order chi connectivity index (χ0) is 15.7. The SMILES string of the molecule is CC1(C)CCCN(S(=O)(=O)c2ccc(C#N)cc2Cl)CC1. The van der Waals surface area contributed by atoms with Crippen LogP contribution >= 0.6 is 11.6 Å². The Morgan fingerprint density at radius 2 is 2.00 bits per heavy atom. The Balaban J connectivity index is 2.32. The van der Waals surface area contributed by atoms with Gasteiger partial charge < -0.3 is 0 Å². The maximum atomic E-state index is 12.7. The van der Waals surface area contributed by atoms with Gasteiger partial charge in [-0.15, -0.1) is 0 Å². The van der Waals surface area contributed by atoms with Gasteiger partial charge in [0.1, 0.15) is 4.90 Å². The van der Waals surface area contributed by atoms with E-state index < -0.39 is 10.0 Å². The van der Waals surface area contributed by atoms with Gasteiger partial charge in [0.15, 0.2) is 0 Å². The molecule has 0 spiro atoms. The molecule has 21 heavy (non-hydrogen) atoms. The van der Waals surface area contributed by atoms with Gasteiger partial charge in [0, 0.05) is 13.1 Å². The third kappa shape index (κ3) is 3.57. The van der Waals surface area contributed by atoms with Crippen LogP contribution < -0.4 is 0 Å². The second-order valence-electron chi connectivity index (χ2n) is 6.18. The highest BCUT2D eigenvalue weighted by atomic mass is 35.5. The minimum atomic E-state index is -3.60. The van der Waals surface area contributed by atoms with Gasteiger partial charge in [-0.05, 0) is 42.9 Å². The topological polar surface area (TPSA) is 61.2 Å². The summed E-state index contributed by atoms with van der Waals surface area (Å²) in [6.07, 6.45) is 2.69. The average molecular weight is 327 g/mol. The van der Waals surface area contributed by atoms with Gasteiger partial charge in [-0.25, -0.2) is 8.42 Å². The van der Waals surface area contributed by atoms with Crippen molar-refractivity contribution < 1.29 is 8.42 Å². The Kier molecular flexibility index (Phi) is 4.62. The summed E-state index contributed by atoms with van der Waals surface area (Å²) < 4.78 is 27.0. The smallest absolute Gasteiger partial charge is 0.207 e. The lowest BCUT2D eigenvalue weighted by atomic mass is 9.85. The molecule has 1 aliphatic heterocycles. The second-order valence-corrected chi connectivity index (χ2v) is 8.49. The lowest BCUT2D eigenvalue weighted by molar-refractivity contribution is 0.315. The minimum absolute atomic E-state index is 0.0860. The second kappa shape index (κ2) is 5.96. The first-order valence-corrected chi connectivity index (χ1v) is 8.78. The third-order valence-corrected chi connectivity index (χ3v) is 6.36. The predicted octanol–water partition coefficient (Wildman–Crippen LogP) is 3.41. The Hall–Kier alpha value is -1.09. The standard InChI is InChI=1S/C15H19ClN2O2S/c1-15(2)6-3-8-18(9-7-15)21(19,20)14-5-4-12(11-17)10-13(14)16/h4-5,10H,3,6-9H2,1-2H3. The highest BCUT2D eigenvalue weighted by Gasteiger charge is 2.31. The molecule has 0 unspecified atom stereocenters. The van der Waals surface area contributed by atoms with Crippen LogP contribution in [0.1, 0.15) is 38.7 Å². The Bertz CT molecular complexity index is 677. The van der Waals surface area contributed by atoms with Crippen LogP contribution in [-0.4, -0.2) is 25.8 Å². The van der Waals surface area contributed by atoms with Crippen LogP contribution in [0.15, 0.2) is 23.1 Å². The monoisotopic (exact) mass is 326 g/mol. The molecule has 1 aliphatic rings. The van der Waals surface area contributed by atoms with Crippen molar-refractivity contribution in [3.05, 3.63) is 28.8 Å². The van der Waals surface area contributed by atoms with E-state index in [4.69, 9.17) is 16.9 Å². The quantitative estimate of drug-likeness (QED) is 0.836. The van der Waals surface area contributed by atoms with E-state index in [1.165, 1.54) is 22.5 Å². The van der Waals surface area contributed by atoms with Crippen molar-refractivity contribution in [2.24, 2.45) is 5.41 Å². The van der Waals surface area contributed by atoms with Gasteiger partial charge in [0.25, 0.3) is 0 Å². The molecule has 4 nitrogen and oxygen atoms in total. The Morgan fingerprint density at radius 1 is 1.29 bits per heavy atom. The van der Waals surface area contributed by atoms with Gasteiger partial charge in [0.2, 0.25) is 10.0 Å². The van der Waals surface area contributed by atoms with Crippen LogP contribution in [0.25, 0.3) is 0 Å². The summed E-state index contributed by atoms with van der Waals surface area (Å²) in [6.45, 7) is 5.35. The zero-order valence-corrected chi connectivity index (χ0v) is 13.8. The van der Waals surface area contributed by atoms with Crippen molar-refractivity contribution >= 4 is 21.6 Å². The largest absolute Gasteiger partial charge is 0.244 e. The molecule has 0 bridgehead atoms. The van der Waals surface area contributed by atoms with Crippen LogP contribution in [0.5, 0.6) is 0 Å². The summed E-state index contributed by atoms with van der Waals surface area (Å²) >= 11 is 6.05. The predicted molar refractivity (Wildman–Crippen MR) is 82.6 cm³/mol. The van der Waals surface area contributed by atoms with Crippen LogP contribution in [0.4, 0.5) is 0 Å². The highest BCUT2D eigenvalue weighted by Crippen LogP contribution is 2.33. The van der Waals surface area contributed by atoms with Crippen LogP contribution in [-0.2, 0) is 10.0 Å². The van der Waals surface area contributed by atoms with E-state index in [1.54, 1.807) is 0 Å². The lowest BCUT2D eigenvalue weighted by Crippen LogP contribution is -2.32. The van der Waals surface area contributed by atoms with Crippen molar-refractivity contribution in [2.75, 3.05) is 13.1 Å². The number of hydrogen-bond donors (Lipinski definition) is 0. The van der Waals surface area contributed by atoms with Crippen molar-refractivity contribution in [3.63, 3.8) is 0 Å². The molecular formula is C15H19ClN2O2S. The maximum Gasteiger partial charge on any atom is 0.244 e. The molecule has 0 N–H and O–H groups in total. The van der Waals surface area contributed by atoms with Gasteiger partial charge in [-0.1, -0.05) is 25.4 Å². The van der Waals surface area contributed by atoms with E-state index in [0.717, 1.165) is 19.3 Å². The molecule has 1 saturated heterocycles. The molecule has 1 fully saturated rings. The Morgan fingerprint density at radius 3 is 2.62 bits per heavy atom. The van der Waals surface area contributed by atoms with Crippen LogP contribution in [0.2, 0.25) is 5.02 Å².